The van der Waals surface area contributed by atoms with Gasteiger partial charge in [-0.05, 0) is 26.9 Å². The minimum atomic E-state index is 0.576. The van der Waals surface area contributed by atoms with Crippen LogP contribution in [-0.4, -0.2) is 51.3 Å². The Hall–Kier alpha value is -0.120. The van der Waals surface area contributed by atoms with Gasteiger partial charge >= 0.3 is 0 Å². The fraction of sp³-hybridized carbons (Fsp3) is 1.00. The van der Waals surface area contributed by atoms with Gasteiger partial charge in [0.1, 0.15) is 0 Å². The molecule has 1 unspecified atom stereocenters. The Bertz CT molecular complexity index is 126. The Morgan fingerprint density at radius 1 is 1.14 bits per heavy atom. The Morgan fingerprint density at radius 3 is 2.29 bits per heavy atom. The van der Waals surface area contributed by atoms with Crippen molar-refractivity contribution in [3.8, 4) is 0 Å². The van der Waals surface area contributed by atoms with E-state index in [9.17, 15) is 0 Å². The number of nitrogens with one attached hydrogen (secondary N) is 1. The molecule has 0 saturated carbocycles. The smallest absolute Gasteiger partial charge is 0.0593 e. The monoisotopic (exact) mass is 202 g/mol. The summed E-state index contributed by atoms with van der Waals surface area (Å²) in [5, 5.41) is 3.43. The lowest BCUT2D eigenvalue weighted by Crippen LogP contribution is -2.33. The first kappa shape index (κ1) is 13.9. The largest absolute Gasteiger partial charge is 0.379 e. The van der Waals surface area contributed by atoms with Crippen LogP contribution in [0.1, 0.15) is 20.8 Å². The van der Waals surface area contributed by atoms with Crippen LogP contribution in [0.25, 0.3) is 0 Å². The van der Waals surface area contributed by atoms with Gasteiger partial charge in [-0.3, -0.25) is 0 Å². The molecule has 0 saturated heterocycles. The van der Waals surface area contributed by atoms with E-state index in [1.165, 1.54) is 0 Å². The number of hydrogen-bond donors (Lipinski definition) is 1. The number of rotatable bonds is 8. The summed E-state index contributed by atoms with van der Waals surface area (Å²) >= 11 is 0. The second kappa shape index (κ2) is 8.21. The van der Waals surface area contributed by atoms with Gasteiger partial charge in [-0.1, -0.05) is 13.8 Å². The summed E-state index contributed by atoms with van der Waals surface area (Å²) in [7, 11) is 4.12. The highest BCUT2D eigenvalue weighted by Gasteiger charge is 2.04. The molecular weight excluding hydrogens is 176 g/mol. The third-order valence-electron chi connectivity index (χ3n) is 2.40. The third kappa shape index (κ3) is 8.48. The van der Waals surface area contributed by atoms with Gasteiger partial charge in [0.2, 0.25) is 0 Å². The minimum absolute atomic E-state index is 0.576. The molecule has 0 bridgehead atoms. The Morgan fingerprint density at radius 2 is 1.79 bits per heavy atom. The first-order valence-corrected chi connectivity index (χ1v) is 5.50. The molecule has 0 aliphatic heterocycles. The highest BCUT2D eigenvalue weighted by molar-refractivity contribution is 4.63. The van der Waals surface area contributed by atoms with Crippen molar-refractivity contribution >= 4 is 0 Å². The Kier molecular flexibility index (Phi) is 8.14. The molecule has 0 aromatic heterocycles. The quantitative estimate of drug-likeness (QED) is 0.599. The number of nitrogens with zero attached hydrogens (tertiary/aromatic N) is 1. The van der Waals surface area contributed by atoms with Crippen molar-refractivity contribution in [2.24, 2.45) is 5.92 Å². The predicted molar refractivity (Wildman–Crippen MR) is 61.7 cm³/mol. The van der Waals surface area contributed by atoms with E-state index in [1.807, 2.05) is 0 Å². The standard InChI is InChI=1S/C11H26N2O/c1-10(2)11(3)12-6-8-14-9-7-13(4)5/h10-12H,6-9H2,1-5H3. The first-order chi connectivity index (χ1) is 6.54. The van der Waals surface area contributed by atoms with Crippen molar-refractivity contribution in [1.82, 2.24) is 10.2 Å². The van der Waals surface area contributed by atoms with Gasteiger partial charge in [0, 0.05) is 19.1 Å². The molecule has 0 aromatic rings. The average molecular weight is 202 g/mol. The molecule has 0 spiro atoms. The first-order valence-electron chi connectivity index (χ1n) is 5.50. The lowest BCUT2D eigenvalue weighted by molar-refractivity contribution is 0.117. The second-order valence-electron chi connectivity index (χ2n) is 4.40. The van der Waals surface area contributed by atoms with Gasteiger partial charge < -0.3 is 15.0 Å². The number of hydrogen-bond acceptors (Lipinski definition) is 3. The van der Waals surface area contributed by atoms with Crippen LogP contribution in [0.2, 0.25) is 0 Å². The van der Waals surface area contributed by atoms with Crippen molar-refractivity contribution in [3.63, 3.8) is 0 Å². The van der Waals surface area contributed by atoms with Crippen molar-refractivity contribution in [2.75, 3.05) is 40.4 Å². The van der Waals surface area contributed by atoms with Crippen molar-refractivity contribution in [1.29, 1.82) is 0 Å². The van der Waals surface area contributed by atoms with Crippen molar-refractivity contribution in [2.45, 2.75) is 26.8 Å². The zero-order valence-electron chi connectivity index (χ0n) is 10.3. The molecule has 3 heteroatoms. The maximum Gasteiger partial charge on any atom is 0.0593 e. The third-order valence-corrected chi connectivity index (χ3v) is 2.40. The minimum Gasteiger partial charge on any atom is -0.379 e. The van der Waals surface area contributed by atoms with Gasteiger partial charge in [0.25, 0.3) is 0 Å². The van der Waals surface area contributed by atoms with Crippen LogP contribution >= 0.6 is 0 Å². The average Bonchev–Trinajstić information content (AvgIpc) is 2.09. The predicted octanol–water partition coefficient (Wildman–Crippen LogP) is 1.20. The van der Waals surface area contributed by atoms with Gasteiger partial charge in [0.05, 0.1) is 13.2 Å². The molecule has 0 radical (unpaired) electrons. The highest BCUT2D eigenvalue weighted by Crippen LogP contribution is 1.98. The normalized spacial score (nSPS) is 13.9. The van der Waals surface area contributed by atoms with Crippen LogP contribution in [0, 0.1) is 5.92 Å². The fourth-order valence-corrected chi connectivity index (χ4v) is 0.944. The summed E-state index contributed by atoms with van der Waals surface area (Å²) in [6.07, 6.45) is 0. The van der Waals surface area contributed by atoms with Gasteiger partial charge in [-0.25, -0.2) is 0 Å². The molecule has 0 fully saturated rings. The van der Waals surface area contributed by atoms with E-state index in [2.05, 4.69) is 45.1 Å². The summed E-state index contributed by atoms with van der Waals surface area (Å²) in [5.74, 6) is 0.691. The van der Waals surface area contributed by atoms with Gasteiger partial charge in [-0.2, -0.15) is 0 Å². The molecule has 3 nitrogen and oxygen atoms in total. The summed E-state index contributed by atoms with van der Waals surface area (Å²) in [4.78, 5) is 2.13. The maximum atomic E-state index is 5.47. The zero-order chi connectivity index (χ0) is 11.0. The van der Waals surface area contributed by atoms with E-state index in [0.29, 0.717) is 12.0 Å². The topological polar surface area (TPSA) is 24.5 Å². The van der Waals surface area contributed by atoms with E-state index in [1.54, 1.807) is 0 Å². The lowest BCUT2D eigenvalue weighted by Gasteiger charge is -2.17. The maximum absolute atomic E-state index is 5.47. The summed E-state index contributed by atoms with van der Waals surface area (Å²) in [6.45, 7) is 10.3. The van der Waals surface area contributed by atoms with Crippen LogP contribution in [0.15, 0.2) is 0 Å². The summed E-state index contributed by atoms with van der Waals surface area (Å²) < 4.78 is 5.47. The van der Waals surface area contributed by atoms with Gasteiger partial charge in [0.15, 0.2) is 0 Å². The molecule has 0 aliphatic carbocycles. The van der Waals surface area contributed by atoms with Crippen molar-refractivity contribution < 1.29 is 4.74 Å². The molecule has 86 valence electrons. The Labute approximate surface area is 88.8 Å². The molecule has 1 N–H and O–H groups in total. The summed E-state index contributed by atoms with van der Waals surface area (Å²) in [5.41, 5.74) is 0. The van der Waals surface area contributed by atoms with E-state index < -0.39 is 0 Å². The molecular formula is C11H26N2O. The van der Waals surface area contributed by atoms with E-state index in [-0.39, 0.29) is 0 Å². The molecule has 0 heterocycles. The fourth-order valence-electron chi connectivity index (χ4n) is 0.944. The van der Waals surface area contributed by atoms with E-state index in [4.69, 9.17) is 4.74 Å². The molecule has 0 aromatic carbocycles. The summed E-state index contributed by atoms with van der Waals surface area (Å²) in [6, 6.07) is 0.576. The van der Waals surface area contributed by atoms with Crippen LogP contribution in [0.3, 0.4) is 0 Å². The molecule has 0 amide bonds. The highest BCUT2D eigenvalue weighted by atomic mass is 16.5. The van der Waals surface area contributed by atoms with Crippen LogP contribution in [0.4, 0.5) is 0 Å². The van der Waals surface area contributed by atoms with Crippen LogP contribution in [-0.2, 0) is 4.74 Å². The molecule has 14 heavy (non-hydrogen) atoms. The number of likely N-dealkylation sites (N-methyl/N-ethyl adjacent to an activating group) is 1. The molecule has 0 aliphatic rings. The molecule has 1 atom stereocenters. The van der Waals surface area contributed by atoms with E-state index in [0.717, 1.165) is 26.3 Å². The van der Waals surface area contributed by atoms with Crippen LogP contribution in [0.5, 0.6) is 0 Å². The van der Waals surface area contributed by atoms with Gasteiger partial charge in [-0.15, -0.1) is 0 Å². The second-order valence-corrected chi connectivity index (χ2v) is 4.40. The van der Waals surface area contributed by atoms with E-state index >= 15 is 0 Å². The SMILES string of the molecule is CC(C)C(C)NCCOCCN(C)C. The molecule has 0 rings (SSSR count). The Balaban J connectivity index is 3.13. The zero-order valence-corrected chi connectivity index (χ0v) is 10.3. The number of ether oxygens (including phenoxy) is 1. The lowest BCUT2D eigenvalue weighted by atomic mass is 10.1. The van der Waals surface area contributed by atoms with Crippen molar-refractivity contribution in [3.05, 3.63) is 0 Å². The van der Waals surface area contributed by atoms with Crippen LogP contribution < -0.4 is 5.32 Å².